The summed E-state index contributed by atoms with van der Waals surface area (Å²) in [4.78, 5) is 1.84. The van der Waals surface area contributed by atoms with Crippen LogP contribution >= 0.6 is 0 Å². The average molecular weight is 228 g/mol. The molecule has 0 radical (unpaired) electrons. The van der Waals surface area contributed by atoms with Gasteiger partial charge in [0.1, 0.15) is 5.82 Å². The van der Waals surface area contributed by atoms with Gasteiger partial charge in [-0.25, -0.2) is 8.78 Å². The van der Waals surface area contributed by atoms with Crippen LogP contribution in [0.1, 0.15) is 6.42 Å². The molecule has 1 aromatic carbocycles. The molecule has 0 aromatic heterocycles. The summed E-state index contributed by atoms with van der Waals surface area (Å²) < 4.78 is 31.5. The number of halogens is 2. The zero-order chi connectivity index (χ0) is 11.7. The second-order valence-electron chi connectivity index (χ2n) is 3.91. The number of benzene rings is 1. The van der Waals surface area contributed by atoms with E-state index in [4.69, 9.17) is 10.5 Å². The van der Waals surface area contributed by atoms with E-state index in [9.17, 15) is 8.78 Å². The lowest BCUT2D eigenvalue weighted by Crippen LogP contribution is -2.23. The van der Waals surface area contributed by atoms with Crippen LogP contribution in [0.5, 0.6) is 0 Å². The molecule has 1 aromatic rings. The number of rotatable bonds is 2. The summed E-state index contributed by atoms with van der Waals surface area (Å²) in [6, 6.07) is 2.05. The lowest BCUT2D eigenvalue weighted by Gasteiger charge is -2.20. The van der Waals surface area contributed by atoms with Crippen LogP contribution < -0.4 is 10.6 Å². The van der Waals surface area contributed by atoms with Gasteiger partial charge in [0, 0.05) is 26.3 Å². The summed E-state index contributed by atoms with van der Waals surface area (Å²) in [6.07, 6.45) is 0.944. The van der Waals surface area contributed by atoms with Crippen molar-refractivity contribution in [3.63, 3.8) is 0 Å². The molecule has 2 rings (SSSR count). The number of hydrogen-bond donors (Lipinski definition) is 1. The summed E-state index contributed by atoms with van der Waals surface area (Å²) in [5.74, 6) is -1.32. The van der Waals surface area contributed by atoms with Crippen molar-refractivity contribution in [2.75, 3.05) is 30.8 Å². The molecule has 2 N–H and O–H groups in total. The van der Waals surface area contributed by atoms with Gasteiger partial charge in [0.2, 0.25) is 0 Å². The highest BCUT2D eigenvalue weighted by molar-refractivity contribution is 5.68. The fourth-order valence-corrected chi connectivity index (χ4v) is 1.97. The third-order valence-corrected chi connectivity index (χ3v) is 2.89. The number of nitrogens with two attached hydrogens (primary N) is 1. The molecule has 0 spiro atoms. The van der Waals surface area contributed by atoms with Crippen molar-refractivity contribution >= 4 is 11.4 Å². The largest absolute Gasteiger partial charge is 0.395 e. The van der Waals surface area contributed by atoms with E-state index in [1.54, 1.807) is 7.11 Å². The first kappa shape index (κ1) is 11.1. The summed E-state index contributed by atoms with van der Waals surface area (Å²) >= 11 is 0. The number of nitrogen functional groups attached to an aromatic ring is 1. The molecule has 1 unspecified atom stereocenters. The lowest BCUT2D eigenvalue weighted by atomic mass is 10.2. The molecule has 0 bridgehead atoms. The van der Waals surface area contributed by atoms with Crippen LogP contribution in [0.3, 0.4) is 0 Å². The predicted octanol–water partition coefficient (Wildman–Crippen LogP) is 1.77. The Kier molecular flexibility index (Phi) is 2.96. The first-order chi connectivity index (χ1) is 7.61. The molecule has 1 aliphatic heterocycles. The Labute approximate surface area is 92.8 Å². The average Bonchev–Trinajstić information content (AvgIpc) is 2.71. The van der Waals surface area contributed by atoms with Crippen molar-refractivity contribution in [2.24, 2.45) is 0 Å². The van der Waals surface area contributed by atoms with E-state index in [-0.39, 0.29) is 11.8 Å². The number of hydrogen-bond acceptors (Lipinski definition) is 3. The fourth-order valence-electron chi connectivity index (χ4n) is 1.97. The summed E-state index contributed by atoms with van der Waals surface area (Å²) in [6.45, 7) is 1.31. The first-order valence-electron chi connectivity index (χ1n) is 5.14. The minimum atomic E-state index is -0.712. The van der Waals surface area contributed by atoms with Crippen LogP contribution in [-0.4, -0.2) is 26.3 Å². The van der Waals surface area contributed by atoms with Crippen LogP contribution in [0.2, 0.25) is 0 Å². The van der Waals surface area contributed by atoms with Crippen molar-refractivity contribution in [3.8, 4) is 0 Å². The third kappa shape index (κ3) is 1.95. The molecule has 1 saturated heterocycles. The number of nitrogens with zero attached hydrogens (tertiary/aromatic N) is 1. The van der Waals surface area contributed by atoms with Gasteiger partial charge < -0.3 is 15.4 Å². The van der Waals surface area contributed by atoms with Crippen molar-refractivity contribution < 1.29 is 13.5 Å². The Morgan fingerprint density at radius 3 is 2.81 bits per heavy atom. The van der Waals surface area contributed by atoms with Gasteiger partial charge in [-0.3, -0.25) is 0 Å². The van der Waals surface area contributed by atoms with E-state index in [2.05, 4.69) is 0 Å². The van der Waals surface area contributed by atoms with Gasteiger partial charge >= 0.3 is 0 Å². The SMILES string of the molecule is COC1CCN(c2cc(F)cc(F)c2N)C1. The van der Waals surface area contributed by atoms with E-state index < -0.39 is 11.6 Å². The maximum atomic E-state index is 13.2. The smallest absolute Gasteiger partial charge is 0.151 e. The van der Waals surface area contributed by atoms with E-state index in [1.165, 1.54) is 6.07 Å². The van der Waals surface area contributed by atoms with Crippen molar-refractivity contribution in [2.45, 2.75) is 12.5 Å². The molecule has 88 valence electrons. The predicted molar refractivity (Wildman–Crippen MR) is 58.4 cm³/mol. The molecule has 3 nitrogen and oxygen atoms in total. The Balaban J connectivity index is 2.27. The molecule has 1 fully saturated rings. The van der Waals surface area contributed by atoms with Gasteiger partial charge in [-0.1, -0.05) is 0 Å². The maximum absolute atomic E-state index is 13.2. The van der Waals surface area contributed by atoms with Crippen molar-refractivity contribution in [1.29, 1.82) is 0 Å². The molecule has 5 heteroatoms. The quantitative estimate of drug-likeness (QED) is 0.784. The van der Waals surface area contributed by atoms with Crippen molar-refractivity contribution in [1.82, 2.24) is 0 Å². The second kappa shape index (κ2) is 4.25. The van der Waals surface area contributed by atoms with Crippen LogP contribution in [0, 0.1) is 11.6 Å². The van der Waals surface area contributed by atoms with Gasteiger partial charge in [-0.05, 0) is 12.5 Å². The Morgan fingerprint density at radius 2 is 2.19 bits per heavy atom. The number of methoxy groups -OCH3 is 1. The maximum Gasteiger partial charge on any atom is 0.151 e. The topological polar surface area (TPSA) is 38.5 Å². The Hall–Kier alpha value is -1.36. The molecule has 0 aliphatic carbocycles. The summed E-state index contributed by atoms with van der Waals surface area (Å²) in [7, 11) is 1.63. The number of ether oxygens (including phenoxy) is 1. The van der Waals surface area contributed by atoms with Gasteiger partial charge in [0.05, 0.1) is 17.5 Å². The second-order valence-corrected chi connectivity index (χ2v) is 3.91. The molecular weight excluding hydrogens is 214 g/mol. The van der Waals surface area contributed by atoms with Crippen LogP contribution in [0.25, 0.3) is 0 Å². The fraction of sp³-hybridized carbons (Fsp3) is 0.455. The molecule has 0 saturated carbocycles. The summed E-state index contributed by atoms with van der Waals surface area (Å²) in [5.41, 5.74) is 6.01. The zero-order valence-corrected chi connectivity index (χ0v) is 9.04. The van der Waals surface area contributed by atoms with Gasteiger partial charge in [0.25, 0.3) is 0 Å². The normalized spacial score (nSPS) is 20.4. The zero-order valence-electron chi connectivity index (χ0n) is 9.04. The first-order valence-corrected chi connectivity index (χ1v) is 5.14. The van der Waals surface area contributed by atoms with Crippen LogP contribution in [0.15, 0.2) is 12.1 Å². The van der Waals surface area contributed by atoms with Gasteiger partial charge in [0.15, 0.2) is 5.82 Å². The molecule has 0 amide bonds. The van der Waals surface area contributed by atoms with E-state index >= 15 is 0 Å². The van der Waals surface area contributed by atoms with Crippen LogP contribution in [-0.2, 0) is 4.74 Å². The molecule has 16 heavy (non-hydrogen) atoms. The lowest BCUT2D eigenvalue weighted by molar-refractivity contribution is 0.121. The molecule has 1 heterocycles. The highest BCUT2D eigenvalue weighted by Crippen LogP contribution is 2.30. The van der Waals surface area contributed by atoms with Crippen molar-refractivity contribution in [3.05, 3.63) is 23.8 Å². The van der Waals surface area contributed by atoms with Crippen LogP contribution in [0.4, 0.5) is 20.2 Å². The van der Waals surface area contributed by atoms with E-state index in [1.807, 2.05) is 4.90 Å². The molecular formula is C11H14F2N2O. The van der Waals surface area contributed by atoms with Gasteiger partial charge in [-0.2, -0.15) is 0 Å². The van der Waals surface area contributed by atoms with E-state index in [0.717, 1.165) is 12.5 Å². The monoisotopic (exact) mass is 228 g/mol. The Morgan fingerprint density at radius 1 is 1.44 bits per heavy atom. The minimum Gasteiger partial charge on any atom is -0.395 e. The number of anilines is 2. The van der Waals surface area contributed by atoms with Gasteiger partial charge in [-0.15, -0.1) is 0 Å². The minimum absolute atomic E-state index is 0.00171. The van der Waals surface area contributed by atoms with E-state index in [0.29, 0.717) is 18.8 Å². The highest BCUT2D eigenvalue weighted by Gasteiger charge is 2.24. The standard InChI is InChI=1S/C11H14F2N2O/c1-16-8-2-3-15(6-8)10-5-7(12)4-9(13)11(10)14/h4-5,8H,2-3,6,14H2,1H3. The molecule has 1 atom stereocenters. The molecule has 1 aliphatic rings. The summed E-state index contributed by atoms with van der Waals surface area (Å²) in [5, 5.41) is 0. The third-order valence-electron chi connectivity index (χ3n) is 2.89. The highest BCUT2D eigenvalue weighted by atomic mass is 19.1. The Bertz CT molecular complexity index is 398.